The molecule has 0 aromatic heterocycles. The summed E-state index contributed by atoms with van der Waals surface area (Å²) in [5.74, 6) is 0.805. The fourth-order valence-corrected chi connectivity index (χ4v) is 3.40. The Balaban J connectivity index is 0.000000891. The van der Waals surface area contributed by atoms with Gasteiger partial charge in [0, 0.05) is 6.04 Å². The second-order valence-corrected chi connectivity index (χ2v) is 6.58. The third-order valence-corrected chi connectivity index (χ3v) is 4.61. The summed E-state index contributed by atoms with van der Waals surface area (Å²) < 4.78 is 0. The van der Waals surface area contributed by atoms with Crippen molar-refractivity contribution in [2.75, 3.05) is 0 Å². The minimum atomic E-state index is -1.16. The molecule has 1 aromatic rings. The first kappa shape index (κ1) is 20.6. The van der Waals surface area contributed by atoms with Gasteiger partial charge in [-0.3, -0.25) is 0 Å². The van der Waals surface area contributed by atoms with Crippen LogP contribution in [0.3, 0.4) is 0 Å². The molecule has 6 heteroatoms. The molecule has 0 amide bonds. The maximum atomic E-state index is 8.78. The Morgan fingerprint density at radius 1 is 1.08 bits per heavy atom. The van der Waals surface area contributed by atoms with Gasteiger partial charge >= 0.3 is 13.3 Å². The Morgan fingerprint density at radius 3 is 2.17 bits per heavy atom. The predicted molar refractivity (Wildman–Crippen MR) is 93.0 cm³/mol. The molecule has 0 bridgehead atoms. The fraction of sp³-hybridized carbons (Fsp3) is 0.611. The first-order valence-electron chi connectivity index (χ1n) is 8.74. The van der Waals surface area contributed by atoms with Crippen molar-refractivity contribution < 1.29 is 19.6 Å². The third-order valence-electron chi connectivity index (χ3n) is 4.61. The summed E-state index contributed by atoms with van der Waals surface area (Å²) in [4.78, 5) is 16.2. The highest BCUT2D eigenvalue weighted by Crippen LogP contribution is 2.29. The summed E-state index contributed by atoms with van der Waals surface area (Å²) in [7, 11) is -1.16. The highest BCUT2D eigenvalue weighted by molar-refractivity contribution is 6.40. The number of hydrogen-bond donors (Lipinski definition) is 3. The zero-order valence-corrected chi connectivity index (χ0v) is 14.2. The van der Waals surface area contributed by atoms with Crippen LogP contribution in [0.2, 0.25) is 6.32 Å². The van der Waals surface area contributed by atoms with Gasteiger partial charge in [0.25, 0.3) is 0 Å². The van der Waals surface area contributed by atoms with E-state index < -0.39 is 7.12 Å². The van der Waals surface area contributed by atoms with Gasteiger partial charge in [-0.2, -0.15) is 9.59 Å². The van der Waals surface area contributed by atoms with Crippen molar-refractivity contribution in [1.82, 2.24) is 0 Å². The van der Waals surface area contributed by atoms with Crippen molar-refractivity contribution in [2.24, 2.45) is 11.7 Å². The van der Waals surface area contributed by atoms with Gasteiger partial charge in [-0.05, 0) is 55.5 Å². The van der Waals surface area contributed by atoms with Gasteiger partial charge in [0.05, 0.1) is 0 Å². The normalized spacial score (nSPS) is 14.3. The zero-order chi connectivity index (χ0) is 17.8. The van der Waals surface area contributed by atoms with Crippen LogP contribution in [0.1, 0.15) is 49.7 Å². The lowest BCUT2D eigenvalue weighted by molar-refractivity contribution is -0.191. The molecule has 0 saturated carbocycles. The maximum absolute atomic E-state index is 8.78. The summed E-state index contributed by atoms with van der Waals surface area (Å²) >= 11 is 0. The zero-order valence-electron chi connectivity index (χ0n) is 14.2. The summed E-state index contributed by atoms with van der Waals surface area (Å²) in [6, 6.07) is 9.07. The average molecular weight is 333 g/mol. The maximum Gasteiger partial charge on any atom is 0.451 e. The van der Waals surface area contributed by atoms with Crippen LogP contribution in [0.15, 0.2) is 24.3 Å². The van der Waals surface area contributed by atoms with Gasteiger partial charge in [0.1, 0.15) is 0 Å². The topological polar surface area (TPSA) is 101 Å². The number of nitrogens with two attached hydrogens (primary N) is 1. The van der Waals surface area contributed by atoms with E-state index in [1.54, 1.807) is 0 Å². The average Bonchev–Trinajstić information content (AvgIpc) is 2.95. The van der Waals surface area contributed by atoms with Crippen LogP contribution >= 0.6 is 0 Å². The summed E-state index contributed by atoms with van der Waals surface area (Å²) in [5, 5.41) is 17.6. The largest absolute Gasteiger partial charge is 0.451 e. The Labute approximate surface area is 144 Å². The molecule has 0 unspecified atom stereocenters. The first-order valence-corrected chi connectivity index (χ1v) is 8.74. The van der Waals surface area contributed by atoms with Gasteiger partial charge in [-0.25, -0.2) is 0 Å². The molecule has 0 heterocycles. The summed E-state index contributed by atoms with van der Waals surface area (Å²) in [6.45, 7) is 0. The minimum Gasteiger partial charge on any atom is -0.427 e. The fourth-order valence-electron chi connectivity index (χ4n) is 3.40. The lowest BCUT2D eigenvalue weighted by Crippen LogP contribution is -2.20. The molecule has 1 atom stereocenters. The van der Waals surface area contributed by atoms with Crippen LogP contribution in [0, 0.1) is 5.92 Å². The molecule has 1 aliphatic rings. The van der Waals surface area contributed by atoms with Gasteiger partial charge < -0.3 is 15.8 Å². The van der Waals surface area contributed by atoms with E-state index in [4.69, 9.17) is 25.4 Å². The van der Waals surface area contributed by atoms with E-state index in [1.165, 1.54) is 36.8 Å². The monoisotopic (exact) mass is 333 g/mol. The van der Waals surface area contributed by atoms with Crippen LogP contribution in [0.4, 0.5) is 0 Å². The SMILES string of the molecule is N[C@H](CCCCB(O)O)CCCC1Cc2ccccc2C1.O=C=O. The molecule has 4 N–H and O–H groups in total. The Morgan fingerprint density at radius 2 is 1.62 bits per heavy atom. The molecular formula is C18H28BNO4. The lowest BCUT2D eigenvalue weighted by atomic mass is 9.83. The van der Waals surface area contributed by atoms with Gasteiger partial charge in [0.2, 0.25) is 0 Å². The molecule has 0 aliphatic heterocycles. The second-order valence-electron chi connectivity index (χ2n) is 6.58. The number of rotatable bonds is 9. The molecule has 0 spiro atoms. The predicted octanol–water partition coefficient (Wildman–Crippen LogP) is 1.96. The van der Waals surface area contributed by atoms with E-state index in [0.717, 1.165) is 31.6 Å². The molecule has 1 aromatic carbocycles. The second kappa shape index (κ2) is 12.0. The minimum absolute atomic E-state index is 0.250. The Hall–Kier alpha value is -1.46. The van der Waals surface area contributed by atoms with E-state index >= 15 is 0 Å². The molecule has 24 heavy (non-hydrogen) atoms. The van der Waals surface area contributed by atoms with Crippen LogP contribution in [0.5, 0.6) is 0 Å². The summed E-state index contributed by atoms with van der Waals surface area (Å²) in [5.41, 5.74) is 9.21. The number of unbranched alkanes of at least 4 members (excludes halogenated alkanes) is 1. The molecule has 5 nitrogen and oxygen atoms in total. The van der Waals surface area contributed by atoms with Crippen LogP contribution < -0.4 is 5.73 Å². The quantitative estimate of drug-likeness (QED) is 0.474. The standard InChI is InChI=1S/C17H28BNO2.CO2/c19-17(9-3-4-11-18(20)21)10-5-6-14-12-15-7-1-2-8-16(15)13-14;2-1-3/h1-2,7-8,14,17,20-21H,3-6,9-13,19H2;/t17-;/m1./s1. The highest BCUT2D eigenvalue weighted by Gasteiger charge is 2.20. The van der Waals surface area contributed by atoms with Gasteiger partial charge in [0.15, 0.2) is 0 Å². The van der Waals surface area contributed by atoms with E-state index in [9.17, 15) is 0 Å². The Kier molecular flexibility index (Phi) is 10.3. The highest BCUT2D eigenvalue weighted by atomic mass is 16.4. The number of carbonyl (C=O) groups excluding carboxylic acids is 2. The number of hydrogen-bond acceptors (Lipinski definition) is 5. The lowest BCUT2D eigenvalue weighted by Gasteiger charge is -2.13. The number of benzene rings is 1. The first-order chi connectivity index (χ1) is 11.6. The Bertz CT molecular complexity index is 479. The molecule has 0 saturated heterocycles. The van der Waals surface area contributed by atoms with E-state index in [-0.39, 0.29) is 12.2 Å². The molecule has 1 aliphatic carbocycles. The van der Waals surface area contributed by atoms with Crippen molar-refractivity contribution >= 4 is 13.3 Å². The smallest absolute Gasteiger partial charge is 0.427 e. The summed E-state index contributed by atoms with van der Waals surface area (Å²) in [6.07, 6.45) is 9.61. The number of fused-ring (bicyclic) bond motifs is 1. The van der Waals surface area contributed by atoms with E-state index in [1.807, 2.05) is 0 Å². The van der Waals surface area contributed by atoms with Crippen LogP contribution in [0.25, 0.3) is 0 Å². The van der Waals surface area contributed by atoms with Crippen molar-refractivity contribution in [1.29, 1.82) is 0 Å². The van der Waals surface area contributed by atoms with Crippen molar-refractivity contribution in [3.63, 3.8) is 0 Å². The molecular weight excluding hydrogens is 305 g/mol. The third kappa shape index (κ3) is 8.41. The van der Waals surface area contributed by atoms with Crippen LogP contribution in [-0.4, -0.2) is 29.4 Å². The van der Waals surface area contributed by atoms with Crippen molar-refractivity contribution in [3.8, 4) is 0 Å². The molecule has 2 rings (SSSR count). The van der Waals surface area contributed by atoms with E-state index in [2.05, 4.69) is 24.3 Å². The van der Waals surface area contributed by atoms with E-state index in [0.29, 0.717) is 6.32 Å². The molecule has 0 radical (unpaired) electrons. The van der Waals surface area contributed by atoms with Crippen molar-refractivity contribution in [3.05, 3.63) is 35.4 Å². The molecule has 132 valence electrons. The van der Waals surface area contributed by atoms with Gasteiger partial charge in [-0.1, -0.05) is 43.5 Å². The van der Waals surface area contributed by atoms with Crippen molar-refractivity contribution in [2.45, 2.75) is 63.7 Å². The van der Waals surface area contributed by atoms with Crippen LogP contribution in [-0.2, 0) is 22.4 Å². The molecule has 0 fully saturated rings. The van der Waals surface area contributed by atoms with Gasteiger partial charge in [-0.15, -0.1) is 0 Å².